The number of hydrogen-bond donors (Lipinski definition) is 1. The number of hydrogen-bond acceptors (Lipinski definition) is 2. The molecule has 4 nitrogen and oxygen atoms in total. The van der Waals surface area contributed by atoms with Crippen LogP contribution >= 0.6 is 0 Å². The molecule has 1 aliphatic carbocycles. The maximum Gasteiger partial charge on any atom is 0.311 e. The first-order valence-electron chi connectivity index (χ1n) is 11.2. The minimum atomic E-state index is -0.692. The van der Waals surface area contributed by atoms with Crippen molar-refractivity contribution in [1.82, 2.24) is 9.38 Å². The topological polar surface area (TPSA) is 54.6 Å². The van der Waals surface area contributed by atoms with Crippen molar-refractivity contribution >= 4 is 22.5 Å². The second-order valence-electron chi connectivity index (χ2n) is 9.01. The molecule has 0 amide bonds. The zero-order valence-corrected chi connectivity index (χ0v) is 18.1. The van der Waals surface area contributed by atoms with E-state index in [1.807, 2.05) is 19.1 Å². The predicted molar refractivity (Wildman–Crippen MR) is 124 cm³/mol. The van der Waals surface area contributed by atoms with Crippen LogP contribution in [-0.2, 0) is 11.2 Å². The second-order valence-corrected chi connectivity index (χ2v) is 9.01. The lowest BCUT2D eigenvalue weighted by atomic mass is 9.84. The van der Waals surface area contributed by atoms with Crippen molar-refractivity contribution in [2.75, 3.05) is 0 Å². The third-order valence-electron chi connectivity index (χ3n) is 6.85. The number of nitrogens with zero attached hydrogens (tertiary/aromatic N) is 2. The molecular formula is C27H28N2O2. The zero-order chi connectivity index (χ0) is 21.5. The Kier molecular flexibility index (Phi) is 5.01. The lowest BCUT2D eigenvalue weighted by molar-refractivity contribution is -0.140. The summed E-state index contributed by atoms with van der Waals surface area (Å²) in [6.07, 6.45) is 5.16. The standard InChI is InChI=1S/C27H28N2O2/c1-17-14-18(2)29-24-9-5-8-22(23(24)16-25(29)28-17)15-19-10-12-21(13-11-19)26(27(30)31)20-6-3-4-7-20/h5,8-14,16,20,26H,3-4,6-7,15H2,1-2H3,(H,30,31)/t26-/m0/s1. The summed E-state index contributed by atoms with van der Waals surface area (Å²) in [5.41, 5.74) is 7.77. The first kappa shape index (κ1) is 19.8. The van der Waals surface area contributed by atoms with Gasteiger partial charge < -0.3 is 5.11 Å². The third kappa shape index (κ3) is 3.60. The van der Waals surface area contributed by atoms with Gasteiger partial charge in [0, 0.05) is 16.8 Å². The Morgan fingerprint density at radius 1 is 1.10 bits per heavy atom. The second kappa shape index (κ2) is 7.84. The van der Waals surface area contributed by atoms with Crippen LogP contribution in [0, 0.1) is 19.8 Å². The number of rotatable bonds is 5. The molecule has 158 valence electrons. The molecule has 2 aromatic heterocycles. The van der Waals surface area contributed by atoms with E-state index in [-0.39, 0.29) is 11.8 Å². The van der Waals surface area contributed by atoms with Gasteiger partial charge in [-0.05, 0) is 73.9 Å². The summed E-state index contributed by atoms with van der Waals surface area (Å²) in [7, 11) is 0. The van der Waals surface area contributed by atoms with Crippen LogP contribution in [0.25, 0.3) is 16.6 Å². The molecule has 5 rings (SSSR count). The molecule has 1 saturated carbocycles. The van der Waals surface area contributed by atoms with Crippen molar-refractivity contribution in [3.63, 3.8) is 0 Å². The van der Waals surface area contributed by atoms with Crippen LogP contribution < -0.4 is 0 Å². The van der Waals surface area contributed by atoms with Crippen LogP contribution in [0.3, 0.4) is 0 Å². The highest BCUT2D eigenvalue weighted by atomic mass is 16.4. The minimum absolute atomic E-state index is 0.269. The van der Waals surface area contributed by atoms with Gasteiger partial charge in [-0.1, -0.05) is 49.2 Å². The average molecular weight is 413 g/mol. The number of aromatic nitrogens is 2. The Balaban J connectivity index is 1.47. The monoisotopic (exact) mass is 412 g/mol. The predicted octanol–water partition coefficient (Wildman–Crippen LogP) is 6.05. The van der Waals surface area contributed by atoms with E-state index in [4.69, 9.17) is 4.98 Å². The number of carboxylic acids is 1. The molecule has 0 aliphatic heterocycles. The first-order chi connectivity index (χ1) is 15.0. The van der Waals surface area contributed by atoms with Crippen LogP contribution in [0.2, 0.25) is 0 Å². The van der Waals surface area contributed by atoms with Gasteiger partial charge in [-0.2, -0.15) is 0 Å². The van der Waals surface area contributed by atoms with Gasteiger partial charge in [0.25, 0.3) is 0 Å². The molecule has 4 heteroatoms. The highest BCUT2D eigenvalue weighted by Crippen LogP contribution is 2.37. The first-order valence-corrected chi connectivity index (χ1v) is 11.2. The van der Waals surface area contributed by atoms with E-state index in [9.17, 15) is 9.90 Å². The summed E-state index contributed by atoms with van der Waals surface area (Å²) in [5.74, 6) is -0.804. The van der Waals surface area contributed by atoms with E-state index in [1.54, 1.807) is 0 Å². The van der Waals surface area contributed by atoms with E-state index in [0.717, 1.165) is 49.0 Å². The molecule has 4 aromatic rings. The SMILES string of the molecule is Cc1cc(C)n2c(cc3c(Cc4ccc([C@@H](C(=O)O)C5CCCC5)cc4)cccc32)n1. The molecule has 2 aromatic carbocycles. The van der Waals surface area contributed by atoms with E-state index in [2.05, 4.69) is 53.8 Å². The maximum atomic E-state index is 11.9. The summed E-state index contributed by atoms with van der Waals surface area (Å²) >= 11 is 0. The molecule has 0 saturated heterocycles. The number of carbonyl (C=O) groups is 1. The highest BCUT2D eigenvalue weighted by molar-refractivity contribution is 5.89. The van der Waals surface area contributed by atoms with Gasteiger partial charge in [0.2, 0.25) is 0 Å². The highest BCUT2D eigenvalue weighted by Gasteiger charge is 2.31. The zero-order valence-electron chi connectivity index (χ0n) is 18.1. The fourth-order valence-corrected chi connectivity index (χ4v) is 5.43. The Hall–Kier alpha value is -3.14. The number of aryl methyl sites for hydroxylation is 2. The molecule has 0 radical (unpaired) electrons. The fourth-order valence-electron chi connectivity index (χ4n) is 5.43. The molecule has 1 aliphatic rings. The minimum Gasteiger partial charge on any atom is -0.481 e. The molecule has 0 bridgehead atoms. The summed E-state index contributed by atoms with van der Waals surface area (Å²) in [6.45, 7) is 4.15. The molecular weight excluding hydrogens is 384 g/mol. The van der Waals surface area contributed by atoms with Crippen LogP contribution in [0.5, 0.6) is 0 Å². The van der Waals surface area contributed by atoms with Crippen LogP contribution in [-0.4, -0.2) is 20.5 Å². The average Bonchev–Trinajstić information content (AvgIpc) is 3.37. The van der Waals surface area contributed by atoms with Gasteiger partial charge in [0.05, 0.1) is 11.4 Å². The summed E-state index contributed by atoms with van der Waals surface area (Å²) in [4.78, 5) is 16.7. The van der Waals surface area contributed by atoms with Crippen LogP contribution in [0.4, 0.5) is 0 Å². The third-order valence-corrected chi connectivity index (χ3v) is 6.85. The quantitative estimate of drug-likeness (QED) is 0.434. The van der Waals surface area contributed by atoms with E-state index in [0.29, 0.717) is 0 Å². The Bertz CT molecular complexity index is 1260. The Labute approximate surface area is 182 Å². The molecule has 0 unspecified atom stereocenters. The number of carboxylic acid groups (broad SMARTS) is 1. The fraction of sp³-hybridized carbons (Fsp3) is 0.333. The summed E-state index contributed by atoms with van der Waals surface area (Å²) in [6, 6.07) is 19.0. The summed E-state index contributed by atoms with van der Waals surface area (Å²) < 4.78 is 2.22. The lowest BCUT2D eigenvalue weighted by Gasteiger charge is -2.20. The Morgan fingerprint density at radius 3 is 2.55 bits per heavy atom. The molecule has 1 fully saturated rings. The number of benzene rings is 2. The lowest BCUT2D eigenvalue weighted by Crippen LogP contribution is -2.19. The molecule has 0 spiro atoms. The van der Waals surface area contributed by atoms with Gasteiger partial charge >= 0.3 is 5.97 Å². The van der Waals surface area contributed by atoms with E-state index >= 15 is 0 Å². The van der Waals surface area contributed by atoms with Gasteiger partial charge in [0.15, 0.2) is 0 Å². The van der Waals surface area contributed by atoms with Crippen molar-refractivity contribution in [2.24, 2.45) is 5.92 Å². The Morgan fingerprint density at radius 2 is 1.84 bits per heavy atom. The van der Waals surface area contributed by atoms with Crippen molar-refractivity contribution in [1.29, 1.82) is 0 Å². The van der Waals surface area contributed by atoms with Gasteiger partial charge in [0.1, 0.15) is 5.65 Å². The maximum absolute atomic E-state index is 11.9. The van der Waals surface area contributed by atoms with E-state index < -0.39 is 5.97 Å². The number of fused-ring (bicyclic) bond motifs is 3. The molecule has 1 N–H and O–H groups in total. The van der Waals surface area contributed by atoms with Crippen molar-refractivity contribution in [2.45, 2.75) is 51.9 Å². The molecule has 31 heavy (non-hydrogen) atoms. The number of aliphatic carboxylic acids is 1. The molecule has 2 heterocycles. The van der Waals surface area contributed by atoms with Crippen molar-refractivity contribution < 1.29 is 9.90 Å². The van der Waals surface area contributed by atoms with Gasteiger partial charge in [-0.15, -0.1) is 0 Å². The van der Waals surface area contributed by atoms with Crippen molar-refractivity contribution in [3.8, 4) is 0 Å². The largest absolute Gasteiger partial charge is 0.481 e. The van der Waals surface area contributed by atoms with Gasteiger partial charge in [-0.3, -0.25) is 9.20 Å². The van der Waals surface area contributed by atoms with Crippen molar-refractivity contribution in [3.05, 3.63) is 82.7 Å². The molecule has 1 atom stereocenters. The van der Waals surface area contributed by atoms with E-state index in [1.165, 1.54) is 27.7 Å². The summed E-state index contributed by atoms with van der Waals surface area (Å²) in [5, 5.41) is 11.0. The normalized spacial score (nSPS) is 15.7. The van der Waals surface area contributed by atoms with Crippen LogP contribution in [0.15, 0.2) is 54.6 Å². The van der Waals surface area contributed by atoms with Crippen LogP contribution in [0.1, 0.15) is 59.7 Å². The van der Waals surface area contributed by atoms with Gasteiger partial charge in [-0.25, -0.2) is 4.98 Å². The smallest absolute Gasteiger partial charge is 0.311 e.